The molecule has 0 bridgehead atoms. The van der Waals surface area contributed by atoms with E-state index in [1.54, 1.807) is 22.4 Å². The standard InChI is InChI=1S/C23H28N4O3/c1-13(25-22(29)30)19-10-17-18(23(2,3)4)9-8-16(14-11-24-26(5)12-14)20(17)21(28)27(19)15-6-7-15/h8-13,15,25H,6-7H2,1-5H3,(H,29,30). The minimum atomic E-state index is -1.10. The first-order valence-electron chi connectivity index (χ1n) is 10.3. The smallest absolute Gasteiger partial charge is 0.405 e. The van der Waals surface area contributed by atoms with Crippen molar-refractivity contribution in [1.29, 1.82) is 0 Å². The first-order valence-corrected chi connectivity index (χ1v) is 10.3. The van der Waals surface area contributed by atoms with Crippen molar-refractivity contribution in [2.45, 2.75) is 58.0 Å². The third-order valence-electron chi connectivity index (χ3n) is 5.77. The molecular formula is C23H28N4O3. The minimum absolute atomic E-state index is 0.0611. The van der Waals surface area contributed by atoms with Crippen LogP contribution in [0.2, 0.25) is 0 Å². The predicted molar refractivity (Wildman–Crippen MR) is 117 cm³/mol. The minimum Gasteiger partial charge on any atom is -0.465 e. The summed E-state index contributed by atoms with van der Waals surface area (Å²) in [6, 6.07) is 5.72. The molecule has 0 aliphatic heterocycles. The highest BCUT2D eigenvalue weighted by Crippen LogP contribution is 2.40. The Morgan fingerprint density at radius 2 is 2.00 bits per heavy atom. The number of carbonyl (C=O) groups is 1. The number of hydrogen-bond acceptors (Lipinski definition) is 3. The third kappa shape index (κ3) is 3.49. The number of amides is 1. The molecule has 1 aliphatic carbocycles. The number of nitrogens with zero attached hydrogens (tertiary/aromatic N) is 3. The van der Waals surface area contributed by atoms with Crippen molar-refractivity contribution in [3.05, 3.63) is 52.2 Å². The van der Waals surface area contributed by atoms with Crippen LogP contribution in [0.25, 0.3) is 21.9 Å². The van der Waals surface area contributed by atoms with Gasteiger partial charge in [0.2, 0.25) is 0 Å². The molecule has 30 heavy (non-hydrogen) atoms. The Labute approximate surface area is 175 Å². The zero-order valence-corrected chi connectivity index (χ0v) is 18.1. The summed E-state index contributed by atoms with van der Waals surface area (Å²) in [5, 5.41) is 17.6. The van der Waals surface area contributed by atoms with E-state index >= 15 is 0 Å². The van der Waals surface area contributed by atoms with Gasteiger partial charge in [0.25, 0.3) is 5.56 Å². The SMILES string of the molecule is CC(NC(=O)O)c1cc2c(C(C)(C)C)ccc(-c3cnn(C)c3)c2c(=O)n1C1CC1. The second-order valence-corrected chi connectivity index (χ2v) is 9.25. The van der Waals surface area contributed by atoms with Crippen molar-refractivity contribution < 1.29 is 9.90 Å². The number of aryl methyl sites for hydroxylation is 1. The predicted octanol–water partition coefficient (Wildman–Crippen LogP) is 4.36. The quantitative estimate of drug-likeness (QED) is 0.671. The Morgan fingerprint density at radius 3 is 2.53 bits per heavy atom. The topological polar surface area (TPSA) is 89.2 Å². The van der Waals surface area contributed by atoms with Gasteiger partial charge in [0.1, 0.15) is 0 Å². The van der Waals surface area contributed by atoms with Gasteiger partial charge in [0.05, 0.1) is 17.6 Å². The molecule has 0 spiro atoms. The summed E-state index contributed by atoms with van der Waals surface area (Å²) in [5.41, 5.74) is 3.29. The molecule has 2 aromatic heterocycles. The number of nitrogens with one attached hydrogen (secondary N) is 1. The maximum absolute atomic E-state index is 13.9. The number of pyridine rings is 1. The van der Waals surface area contributed by atoms with Gasteiger partial charge in [-0.15, -0.1) is 0 Å². The van der Waals surface area contributed by atoms with Crippen LogP contribution >= 0.6 is 0 Å². The van der Waals surface area contributed by atoms with Crippen LogP contribution in [0.15, 0.2) is 35.4 Å². The average molecular weight is 409 g/mol. The first kappa shape index (κ1) is 20.2. The van der Waals surface area contributed by atoms with Crippen molar-refractivity contribution in [2.24, 2.45) is 7.05 Å². The molecule has 3 aromatic rings. The van der Waals surface area contributed by atoms with E-state index in [9.17, 15) is 14.7 Å². The van der Waals surface area contributed by atoms with Crippen LogP contribution in [0.1, 0.15) is 63.9 Å². The van der Waals surface area contributed by atoms with Gasteiger partial charge in [0.15, 0.2) is 0 Å². The highest BCUT2D eigenvalue weighted by Gasteiger charge is 2.31. The summed E-state index contributed by atoms with van der Waals surface area (Å²) in [4.78, 5) is 25.1. The Balaban J connectivity index is 2.10. The largest absolute Gasteiger partial charge is 0.465 e. The number of aromatic nitrogens is 3. The number of rotatable bonds is 4. The lowest BCUT2D eigenvalue weighted by Crippen LogP contribution is -2.32. The highest BCUT2D eigenvalue weighted by atomic mass is 16.4. The lowest BCUT2D eigenvalue weighted by atomic mass is 9.82. The van der Waals surface area contributed by atoms with Crippen LogP contribution in [-0.4, -0.2) is 25.5 Å². The van der Waals surface area contributed by atoms with Gasteiger partial charge in [-0.3, -0.25) is 9.48 Å². The summed E-state index contributed by atoms with van der Waals surface area (Å²) in [7, 11) is 1.86. The van der Waals surface area contributed by atoms with Crippen LogP contribution in [0.5, 0.6) is 0 Å². The lowest BCUT2D eigenvalue weighted by Gasteiger charge is -2.25. The van der Waals surface area contributed by atoms with E-state index in [2.05, 4.69) is 37.3 Å². The molecule has 1 aromatic carbocycles. The zero-order chi connectivity index (χ0) is 21.8. The molecule has 2 N–H and O–H groups in total. The van der Waals surface area contributed by atoms with Crippen LogP contribution in [0.4, 0.5) is 4.79 Å². The van der Waals surface area contributed by atoms with Crippen LogP contribution in [-0.2, 0) is 12.5 Å². The summed E-state index contributed by atoms with van der Waals surface area (Å²) < 4.78 is 3.53. The molecule has 0 saturated heterocycles. The van der Waals surface area contributed by atoms with Crippen molar-refractivity contribution in [3.8, 4) is 11.1 Å². The zero-order valence-electron chi connectivity index (χ0n) is 18.1. The Morgan fingerprint density at radius 1 is 1.30 bits per heavy atom. The second kappa shape index (κ2) is 7.00. The maximum Gasteiger partial charge on any atom is 0.405 e. The average Bonchev–Trinajstić information content (AvgIpc) is 3.39. The van der Waals surface area contributed by atoms with Gasteiger partial charge in [0, 0.05) is 30.5 Å². The van der Waals surface area contributed by atoms with Crippen LogP contribution < -0.4 is 10.9 Å². The van der Waals surface area contributed by atoms with Gasteiger partial charge in [-0.2, -0.15) is 5.10 Å². The monoisotopic (exact) mass is 408 g/mol. The summed E-state index contributed by atoms with van der Waals surface area (Å²) in [6.45, 7) is 8.15. The fourth-order valence-electron chi connectivity index (χ4n) is 4.21. The Kier molecular flexibility index (Phi) is 4.71. The number of carboxylic acid groups (broad SMARTS) is 1. The lowest BCUT2D eigenvalue weighted by molar-refractivity contribution is 0.190. The molecule has 7 heteroatoms. The van der Waals surface area contributed by atoms with Crippen molar-refractivity contribution in [1.82, 2.24) is 19.7 Å². The molecular weight excluding hydrogens is 380 g/mol. The molecule has 1 saturated carbocycles. The molecule has 0 radical (unpaired) electrons. The first-order chi connectivity index (χ1) is 14.1. The third-order valence-corrected chi connectivity index (χ3v) is 5.77. The normalized spacial score (nSPS) is 15.4. The molecule has 1 atom stereocenters. The van der Waals surface area contributed by atoms with E-state index < -0.39 is 12.1 Å². The molecule has 1 aliphatic rings. The van der Waals surface area contributed by atoms with E-state index in [4.69, 9.17) is 0 Å². The van der Waals surface area contributed by atoms with Gasteiger partial charge < -0.3 is 15.0 Å². The molecule has 1 unspecified atom stereocenters. The Bertz CT molecular complexity index is 1200. The van der Waals surface area contributed by atoms with E-state index in [1.165, 1.54) is 0 Å². The summed E-state index contributed by atoms with van der Waals surface area (Å²) in [5.74, 6) is 0. The molecule has 1 amide bonds. The number of fused-ring (bicyclic) bond motifs is 1. The van der Waals surface area contributed by atoms with Gasteiger partial charge in [-0.05, 0) is 47.8 Å². The fourth-order valence-corrected chi connectivity index (χ4v) is 4.21. The molecule has 4 rings (SSSR count). The highest BCUT2D eigenvalue weighted by molar-refractivity contribution is 5.98. The van der Waals surface area contributed by atoms with E-state index in [0.29, 0.717) is 11.1 Å². The summed E-state index contributed by atoms with van der Waals surface area (Å²) in [6.07, 6.45) is 4.44. The molecule has 158 valence electrons. The number of hydrogen-bond donors (Lipinski definition) is 2. The number of benzene rings is 1. The molecule has 1 fully saturated rings. The molecule has 2 heterocycles. The van der Waals surface area contributed by atoms with Gasteiger partial charge in [-0.1, -0.05) is 32.9 Å². The van der Waals surface area contributed by atoms with Crippen LogP contribution in [0, 0.1) is 0 Å². The van der Waals surface area contributed by atoms with Crippen molar-refractivity contribution >= 4 is 16.9 Å². The van der Waals surface area contributed by atoms with Crippen molar-refractivity contribution in [2.75, 3.05) is 0 Å². The van der Waals surface area contributed by atoms with E-state index in [1.807, 2.05) is 25.4 Å². The van der Waals surface area contributed by atoms with Crippen molar-refractivity contribution in [3.63, 3.8) is 0 Å². The van der Waals surface area contributed by atoms with E-state index in [0.717, 1.165) is 34.9 Å². The summed E-state index contributed by atoms with van der Waals surface area (Å²) >= 11 is 0. The van der Waals surface area contributed by atoms with Gasteiger partial charge in [-0.25, -0.2) is 4.79 Å². The van der Waals surface area contributed by atoms with Gasteiger partial charge >= 0.3 is 6.09 Å². The van der Waals surface area contributed by atoms with Crippen LogP contribution in [0.3, 0.4) is 0 Å². The maximum atomic E-state index is 13.9. The Hall–Kier alpha value is -3.09. The van der Waals surface area contributed by atoms with E-state index in [-0.39, 0.29) is 17.0 Å². The molecule has 7 nitrogen and oxygen atoms in total. The second-order valence-electron chi connectivity index (χ2n) is 9.25. The fraction of sp³-hybridized carbons (Fsp3) is 0.435.